The van der Waals surface area contributed by atoms with Gasteiger partial charge in [0.25, 0.3) is 0 Å². The second-order valence-electron chi connectivity index (χ2n) is 9.75. The SMILES string of the molecule is CC1(C)C(CC2Cc3cc(Br)ccc3C2=O)C(C)(C)C1Oc1ccc(C#N)c(Cl)c1. The Morgan fingerprint density at radius 2 is 1.87 bits per heavy atom. The molecule has 0 heterocycles. The Morgan fingerprint density at radius 3 is 2.50 bits per heavy atom. The smallest absolute Gasteiger partial charge is 0.166 e. The summed E-state index contributed by atoms with van der Waals surface area (Å²) in [5.74, 6) is 1.34. The lowest BCUT2D eigenvalue weighted by molar-refractivity contribution is -0.203. The zero-order valence-corrected chi connectivity index (χ0v) is 20.0. The first kappa shape index (κ1) is 21.4. The van der Waals surface area contributed by atoms with Crippen LogP contribution in [-0.4, -0.2) is 11.9 Å². The lowest BCUT2D eigenvalue weighted by atomic mass is 9.44. The average Bonchev–Trinajstić information content (AvgIpc) is 2.98. The molecule has 0 amide bonds. The summed E-state index contributed by atoms with van der Waals surface area (Å²) < 4.78 is 7.40. The third kappa shape index (κ3) is 3.37. The maximum absolute atomic E-state index is 13.0. The number of Topliss-reactive ketones (excluding diaryl/α,β-unsaturated/α-hetero) is 1. The molecule has 1 fully saturated rings. The van der Waals surface area contributed by atoms with E-state index >= 15 is 0 Å². The highest BCUT2D eigenvalue weighted by molar-refractivity contribution is 9.10. The van der Waals surface area contributed by atoms with E-state index in [0.717, 1.165) is 28.4 Å². The van der Waals surface area contributed by atoms with Crippen molar-refractivity contribution in [1.82, 2.24) is 0 Å². The molecule has 2 aliphatic rings. The molecule has 3 nitrogen and oxygen atoms in total. The minimum atomic E-state index is -0.0838. The number of ketones is 1. The van der Waals surface area contributed by atoms with E-state index in [4.69, 9.17) is 21.6 Å². The Balaban J connectivity index is 1.51. The molecule has 1 unspecified atom stereocenters. The van der Waals surface area contributed by atoms with Gasteiger partial charge in [0.05, 0.1) is 10.6 Å². The monoisotopic (exact) mass is 485 g/mol. The molecule has 2 aliphatic carbocycles. The van der Waals surface area contributed by atoms with Gasteiger partial charge >= 0.3 is 0 Å². The molecular formula is C25H25BrClNO2. The number of hydrogen-bond acceptors (Lipinski definition) is 3. The van der Waals surface area contributed by atoms with Crippen LogP contribution in [0.1, 0.15) is 55.6 Å². The normalized spacial score (nSPS) is 25.9. The molecule has 0 N–H and O–H groups in total. The van der Waals surface area contributed by atoms with Crippen molar-refractivity contribution >= 4 is 33.3 Å². The number of fused-ring (bicyclic) bond motifs is 1. The van der Waals surface area contributed by atoms with Gasteiger partial charge in [-0.1, -0.05) is 61.3 Å². The van der Waals surface area contributed by atoms with E-state index in [1.807, 2.05) is 12.1 Å². The Hall–Kier alpha value is -1.83. The van der Waals surface area contributed by atoms with E-state index in [9.17, 15) is 4.79 Å². The first-order valence-electron chi connectivity index (χ1n) is 10.2. The van der Waals surface area contributed by atoms with Crippen LogP contribution in [0.15, 0.2) is 40.9 Å². The second kappa shape index (κ2) is 7.39. The van der Waals surface area contributed by atoms with Gasteiger partial charge in [0.1, 0.15) is 17.9 Å². The van der Waals surface area contributed by atoms with E-state index < -0.39 is 0 Å². The van der Waals surface area contributed by atoms with Crippen molar-refractivity contribution in [2.75, 3.05) is 0 Å². The van der Waals surface area contributed by atoms with Crippen LogP contribution in [0.2, 0.25) is 5.02 Å². The zero-order valence-electron chi connectivity index (χ0n) is 17.6. The van der Waals surface area contributed by atoms with Gasteiger partial charge in [-0.05, 0) is 48.6 Å². The number of ether oxygens (including phenoxy) is 1. The molecule has 5 heteroatoms. The Kier molecular flexibility index (Phi) is 5.27. The summed E-state index contributed by atoms with van der Waals surface area (Å²) in [5, 5.41) is 9.49. The summed E-state index contributed by atoms with van der Waals surface area (Å²) in [4.78, 5) is 13.0. The van der Waals surface area contributed by atoms with Gasteiger partial charge in [0.15, 0.2) is 5.78 Å². The van der Waals surface area contributed by atoms with E-state index in [-0.39, 0.29) is 28.6 Å². The maximum atomic E-state index is 13.0. The van der Waals surface area contributed by atoms with Crippen molar-refractivity contribution in [3.05, 3.63) is 62.6 Å². The Bertz CT molecular complexity index is 1050. The van der Waals surface area contributed by atoms with Crippen molar-refractivity contribution in [2.24, 2.45) is 22.7 Å². The second-order valence-corrected chi connectivity index (χ2v) is 11.1. The molecule has 1 saturated carbocycles. The lowest BCUT2D eigenvalue weighted by Gasteiger charge is -2.64. The van der Waals surface area contributed by atoms with E-state index in [0.29, 0.717) is 22.3 Å². The molecule has 2 aromatic rings. The maximum Gasteiger partial charge on any atom is 0.166 e. The number of halogens is 2. The molecule has 156 valence electrons. The predicted octanol–water partition coefficient (Wildman–Crippen LogP) is 6.85. The minimum Gasteiger partial charge on any atom is -0.489 e. The van der Waals surface area contributed by atoms with Gasteiger partial charge in [-0.2, -0.15) is 5.26 Å². The molecule has 0 bridgehead atoms. The molecule has 0 aromatic heterocycles. The van der Waals surface area contributed by atoms with Crippen LogP contribution < -0.4 is 4.74 Å². The van der Waals surface area contributed by atoms with Gasteiger partial charge in [0, 0.05) is 32.9 Å². The summed E-state index contributed by atoms with van der Waals surface area (Å²) in [6.45, 7) is 8.90. The highest BCUT2D eigenvalue weighted by atomic mass is 79.9. The quantitative estimate of drug-likeness (QED) is 0.475. The molecule has 0 spiro atoms. The van der Waals surface area contributed by atoms with E-state index in [1.54, 1.807) is 18.2 Å². The van der Waals surface area contributed by atoms with Crippen molar-refractivity contribution < 1.29 is 9.53 Å². The van der Waals surface area contributed by atoms with E-state index in [1.165, 1.54) is 0 Å². The summed E-state index contributed by atoms with van der Waals surface area (Å²) >= 11 is 9.70. The number of nitriles is 1. The predicted molar refractivity (Wildman–Crippen MR) is 122 cm³/mol. The van der Waals surface area contributed by atoms with Crippen LogP contribution >= 0.6 is 27.5 Å². The van der Waals surface area contributed by atoms with Crippen LogP contribution in [0.25, 0.3) is 0 Å². The minimum absolute atomic E-state index is 0.00738. The summed E-state index contributed by atoms with van der Waals surface area (Å²) in [5.41, 5.74) is 2.30. The van der Waals surface area contributed by atoms with Gasteiger partial charge in [-0.25, -0.2) is 0 Å². The number of nitrogens with zero attached hydrogens (tertiary/aromatic N) is 1. The molecule has 0 saturated heterocycles. The van der Waals surface area contributed by atoms with Crippen LogP contribution in [0.3, 0.4) is 0 Å². The number of carbonyl (C=O) groups excluding carboxylic acids is 1. The first-order chi connectivity index (χ1) is 14.1. The van der Waals surface area contributed by atoms with Gasteiger partial charge in [-0.3, -0.25) is 4.79 Å². The fourth-order valence-electron chi connectivity index (χ4n) is 5.92. The number of rotatable bonds is 4. The number of carbonyl (C=O) groups is 1. The van der Waals surface area contributed by atoms with Gasteiger partial charge < -0.3 is 4.74 Å². The number of hydrogen-bond donors (Lipinski definition) is 0. The van der Waals surface area contributed by atoms with Crippen LogP contribution in [-0.2, 0) is 6.42 Å². The molecule has 30 heavy (non-hydrogen) atoms. The zero-order chi connectivity index (χ0) is 21.8. The van der Waals surface area contributed by atoms with Crippen LogP contribution in [0.5, 0.6) is 5.75 Å². The summed E-state index contributed by atoms with van der Waals surface area (Å²) in [6, 6.07) is 13.3. The van der Waals surface area contributed by atoms with E-state index in [2.05, 4.69) is 55.8 Å². The topological polar surface area (TPSA) is 50.1 Å². The highest BCUT2D eigenvalue weighted by Crippen LogP contribution is 2.62. The Morgan fingerprint density at radius 1 is 1.17 bits per heavy atom. The van der Waals surface area contributed by atoms with Crippen LogP contribution in [0, 0.1) is 34.0 Å². The molecule has 2 aromatic carbocycles. The largest absolute Gasteiger partial charge is 0.489 e. The summed E-state index contributed by atoms with van der Waals surface area (Å²) in [6.07, 6.45) is 1.67. The lowest BCUT2D eigenvalue weighted by Crippen LogP contribution is -2.66. The summed E-state index contributed by atoms with van der Waals surface area (Å²) in [7, 11) is 0. The third-order valence-electron chi connectivity index (χ3n) is 7.15. The Labute approximate surface area is 191 Å². The molecular weight excluding hydrogens is 462 g/mol. The van der Waals surface area contributed by atoms with Crippen molar-refractivity contribution in [3.63, 3.8) is 0 Å². The standard InChI is InChI=1S/C25H25BrClNO2/c1-24(2)21(11-16-9-15-10-17(26)6-8-19(15)22(16)29)25(3,4)23(24)30-18-7-5-14(13-28)20(27)12-18/h5-8,10,12,16,21,23H,9,11H2,1-4H3. The molecule has 0 aliphatic heterocycles. The first-order valence-corrected chi connectivity index (χ1v) is 11.4. The van der Waals surface area contributed by atoms with Gasteiger partial charge in [-0.15, -0.1) is 0 Å². The van der Waals surface area contributed by atoms with Crippen molar-refractivity contribution in [2.45, 2.75) is 46.6 Å². The van der Waals surface area contributed by atoms with Crippen molar-refractivity contribution in [3.8, 4) is 11.8 Å². The average molecular weight is 487 g/mol. The molecule has 1 atom stereocenters. The fraction of sp³-hybridized carbons (Fsp3) is 0.440. The third-order valence-corrected chi connectivity index (χ3v) is 7.96. The van der Waals surface area contributed by atoms with Gasteiger partial charge in [0.2, 0.25) is 0 Å². The molecule has 4 rings (SSSR count). The fourth-order valence-corrected chi connectivity index (χ4v) is 6.54. The van der Waals surface area contributed by atoms with Crippen molar-refractivity contribution in [1.29, 1.82) is 5.26 Å². The van der Waals surface area contributed by atoms with Crippen LogP contribution in [0.4, 0.5) is 0 Å². The highest BCUT2D eigenvalue weighted by Gasteiger charge is 2.63. The number of benzene rings is 2. The molecule has 0 radical (unpaired) electrons.